The maximum Gasteiger partial charge on any atom is 0.148 e. The number of nitrogens with zero attached hydrogens (tertiary/aromatic N) is 2. The van der Waals surface area contributed by atoms with Crippen LogP contribution in [0.25, 0.3) is 0 Å². The molecule has 0 unspecified atom stereocenters. The maximum atomic E-state index is 5.52. The van der Waals surface area contributed by atoms with Crippen molar-refractivity contribution in [1.82, 2.24) is 9.97 Å². The van der Waals surface area contributed by atoms with Crippen LogP contribution in [0.1, 0.15) is 29.6 Å². The molecule has 0 spiro atoms. The van der Waals surface area contributed by atoms with E-state index in [9.17, 15) is 0 Å². The highest BCUT2D eigenvalue weighted by Crippen LogP contribution is 2.24. The summed E-state index contributed by atoms with van der Waals surface area (Å²) in [6, 6.07) is 4.14. The molecule has 0 saturated heterocycles. The fourth-order valence-corrected chi connectivity index (χ4v) is 3.25. The summed E-state index contributed by atoms with van der Waals surface area (Å²) in [5.74, 6) is 7.84. The quantitative estimate of drug-likeness (QED) is 0.546. The van der Waals surface area contributed by atoms with Crippen LogP contribution in [0, 0.1) is 6.92 Å². The first kappa shape index (κ1) is 15.2. The third kappa shape index (κ3) is 3.68. The Bertz CT molecular complexity index is 584. The summed E-state index contributed by atoms with van der Waals surface area (Å²) in [4.78, 5) is 10.2. The summed E-state index contributed by atoms with van der Waals surface area (Å²) in [5, 5.41) is 3.36. The zero-order valence-corrected chi connectivity index (χ0v) is 13.9. The van der Waals surface area contributed by atoms with Crippen LogP contribution in [0.5, 0.6) is 0 Å². The van der Waals surface area contributed by atoms with Gasteiger partial charge in [-0.15, -0.1) is 11.3 Å². The zero-order chi connectivity index (χ0) is 14.5. The number of hydrazine groups is 1. The molecular weight excluding hydrogens is 338 g/mol. The second kappa shape index (κ2) is 7.01. The third-order valence-electron chi connectivity index (χ3n) is 2.86. The second-order valence-corrected chi connectivity index (χ2v) is 6.96. The average molecular weight is 356 g/mol. The first-order valence-corrected chi connectivity index (χ1v) is 8.07. The molecular formula is C13H18BrN5S. The molecule has 0 aromatic carbocycles. The molecule has 0 radical (unpaired) electrons. The van der Waals surface area contributed by atoms with Crippen molar-refractivity contribution in [2.45, 2.75) is 33.2 Å². The van der Waals surface area contributed by atoms with Gasteiger partial charge in [-0.2, -0.15) is 0 Å². The lowest BCUT2D eigenvalue weighted by Crippen LogP contribution is -2.14. The molecule has 0 aliphatic rings. The lowest BCUT2D eigenvalue weighted by molar-refractivity contribution is 0.830. The predicted octanol–water partition coefficient (Wildman–Crippen LogP) is 3.46. The van der Waals surface area contributed by atoms with E-state index in [1.165, 1.54) is 4.88 Å². The van der Waals surface area contributed by atoms with Gasteiger partial charge in [-0.1, -0.05) is 6.92 Å². The molecule has 4 N–H and O–H groups in total. The Kier molecular flexibility index (Phi) is 5.33. The summed E-state index contributed by atoms with van der Waals surface area (Å²) in [6.45, 7) is 4.80. The first-order valence-electron chi connectivity index (χ1n) is 6.46. The fourth-order valence-electron chi connectivity index (χ4n) is 1.83. The van der Waals surface area contributed by atoms with E-state index in [0.717, 1.165) is 40.4 Å². The van der Waals surface area contributed by atoms with Gasteiger partial charge in [-0.25, -0.2) is 15.8 Å². The number of thiophene rings is 1. The van der Waals surface area contributed by atoms with Gasteiger partial charge in [0.1, 0.15) is 17.5 Å². The van der Waals surface area contributed by atoms with Crippen molar-refractivity contribution in [2.24, 2.45) is 5.84 Å². The first-order chi connectivity index (χ1) is 9.63. The monoisotopic (exact) mass is 355 g/mol. The van der Waals surface area contributed by atoms with Crippen LogP contribution in [0.4, 0.5) is 11.6 Å². The van der Waals surface area contributed by atoms with Crippen LogP contribution in [-0.2, 0) is 13.0 Å². The van der Waals surface area contributed by atoms with Gasteiger partial charge in [0.05, 0.1) is 10.3 Å². The van der Waals surface area contributed by atoms with E-state index in [4.69, 9.17) is 5.84 Å². The number of hydrogen-bond acceptors (Lipinski definition) is 6. The molecule has 2 rings (SSSR count). The standard InChI is InChI=1S/C13H18BrN5S/c1-3-4-11-17-12(8(2)13(18-11)19-15)16-7-9-5-6-10(14)20-9/h5-6H,3-4,7,15H2,1-2H3,(H2,16,17,18,19). The Hall–Kier alpha value is -1.18. The number of aryl methyl sites for hydroxylation is 1. The highest BCUT2D eigenvalue weighted by molar-refractivity contribution is 9.11. The molecule has 0 aliphatic heterocycles. The van der Waals surface area contributed by atoms with Crippen molar-refractivity contribution in [1.29, 1.82) is 0 Å². The molecule has 20 heavy (non-hydrogen) atoms. The topological polar surface area (TPSA) is 75.9 Å². The molecule has 5 nitrogen and oxygen atoms in total. The fraction of sp³-hybridized carbons (Fsp3) is 0.385. The normalized spacial score (nSPS) is 10.6. The minimum atomic E-state index is 0.679. The van der Waals surface area contributed by atoms with Gasteiger partial charge in [0, 0.05) is 16.9 Å². The summed E-state index contributed by atoms with van der Waals surface area (Å²) in [6.07, 6.45) is 1.85. The second-order valence-electron chi connectivity index (χ2n) is 4.42. The maximum absolute atomic E-state index is 5.52. The van der Waals surface area contributed by atoms with Gasteiger partial charge in [-0.05, 0) is 41.4 Å². The molecule has 0 amide bonds. The molecule has 0 fully saturated rings. The Labute approximate surface area is 131 Å². The minimum Gasteiger partial charge on any atom is -0.365 e. The van der Waals surface area contributed by atoms with Crippen molar-refractivity contribution in [3.8, 4) is 0 Å². The molecule has 108 valence electrons. The zero-order valence-electron chi connectivity index (χ0n) is 11.5. The number of anilines is 2. The smallest absolute Gasteiger partial charge is 0.148 e. The molecule has 0 aliphatic carbocycles. The highest BCUT2D eigenvalue weighted by Gasteiger charge is 2.10. The van der Waals surface area contributed by atoms with Gasteiger partial charge in [0.2, 0.25) is 0 Å². The van der Waals surface area contributed by atoms with Gasteiger partial charge >= 0.3 is 0 Å². The Morgan fingerprint density at radius 3 is 2.65 bits per heavy atom. The molecule has 2 aromatic heterocycles. The van der Waals surface area contributed by atoms with Crippen LogP contribution < -0.4 is 16.6 Å². The number of hydrogen-bond donors (Lipinski definition) is 3. The molecule has 0 bridgehead atoms. The minimum absolute atomic E-state index is 0.679. The lowest BCUT2D eigenvalue weighted by atomic mass is 10.2. The van der Waals surface area contributed by atoms with E-state index >= 15 is 0 Å². The summed E-state index contributed by atoms with van der Waals surface area (Å²) in [5.41, 5.74) is 3.57. The van der Waals surface area contributed by atoms with Crippen molar-refractivity contribution >= 4 is 38.9 Å². The average Bonchev–Trinajstić information content (AvgIpc) is 2.85. The van der Waals surface area contributed by atoms with Gasteiger partial charge in [0.15, 0.2) is 0 Å². The molecule has 2 aromatic rings. The number of rotatable bonds is 6. The molecule has 0 saturated carbocycles. The molecule has 2 heterocycles. The largest absolute Gasteiger partial charge is 0.365 e. The summed E-state index contributed by atoms with van der Waals surface area (Å²) < 4.78 is 1.13. The number of nitrogens with two attached hydrogens (primary N) is 1. The number of halogens is 1. The third-order valence-corrected chi connectivity index (χ3v) is 4.49. The Balaban J connectivity index is 2.18. The van der Waals surface area contributed by atoms with Crippen LogP contribution in [0.15, 0.2) is 15.9 Å². The van der Waals surface area contributed by atoms with Gasteiger partial charge < -0.3 is 10.7 Å². The van der Waals surface area contributed by atoms with Crippen molar-refractivity contribution < 1.29 is 0 Å². The predicted molar refractivity (Wildman–Crippen MR) is 87.9 cm³/mol. The van der Waals surface area contributed by atoms with Crippen LogP contribution >= 0.6 is 27.3 Å². The molecule has 7 heteroatoms. The van der Waals surface area contributed by atoms with E-state index in [1.54, 1.807) is 11.3 Å². The van der Waals surface area contributed by atoms with E-state index in [2.05, 4.69) is 49.6 Å². The van der Waals surface area contributed by atoms with Crippen LogP contribution in [0.2, 0.25) is 0 Å². The summed E-state index contributed by atoms with van der Waals surface area (Å²) >= 11 is 5.17. The highest BCUT2D eigenvalue weighted by atomic mass is 79.9. The van der Waals surface area contributed by atoms with Crippen molar-refractivity contribution in [3.05, 3.63) is 32.2 Å². The van der Waals surface area contributed by atoms with Gasteiger partial charge in [0.25, 0.3) is 0 Å². The Morgan fingerprint density at radius 2 is 2.05 bits per heavy atom. The SMILES string of the molecule is CCCc1nc(NN)c(C)c(NCc2ccc(Br)s2)n1. The van der Waals surface area contributed by atoms with E-state index in [-0.39, 0.29) is 0 Å². The van der Waals surface area contributed by atoms with Crippen LogP contribution in [-0.4, -0.2) is 9.97 Å². The van der Waals surface area contributed by atoms with E-state index < -0.39 is 0 Å². The van der Waals surface area contributed by atoms with Gasteiger partial charge in [-0.3, -0.25) is 0 Å². The Morgan fingerprint density at radius 1 is 1.30 bits per heavy atom. The summed E-state index contributed by atoms with van der Waals surface area (Å²) in [7, 11) is 0. The number of nitrogens with one attached hydrogen (secondary N) is 2. The lowest BCUT2D eigenvalue weighted by Gasteiger charge is -2.13. The number of nitrogen functional groups attached to an aromatic ring is 1. The van der Waals surface area contributed by atoms with Crippen LogP contribution in [0.3, 0.4) is 0 Å². The molecule has 0 atom stereocenters. The number of aromatic nitrogens is 2. The van der Waals surface area contributed by atoms with E-state index in [0.29, 0.717) is 5.82 Å². The van der Waals surface area contributed by atoms with Crippen molar-refractivity contribution in [2.75, 3.05) is 10.7 Å². The van der Waals surface area contributed by atoms with Crippen molar-refractivity contribution in [3.63, 3.8) is 0 Å². The van der Waals surface area contributed by atoms with E-state index in [1.807, 2.05) is 13.0 Å².